The van der Waals surface area contributed by atoms with Gasteiger partial charge in [0, 0.05) is 5.69 Å². The number of benzene rings is 1. The minimum absolute atomic E-state index is 0.135. The third-order valence-electron chi connectivity index (χ3n) is 2.56. The number of aromatic carboxylic acids is 1. The van der Waals surface area contributed by atoms with E-state index in [0.717, 1.165) is 23.2 Å². The molecule has 0 spiro atoms. The van der Waals surface area contributed by atoms with Crippen LogP contribution in [0.1, 0.15) is 23.0 Å². The molecule has 2 rings (SSSR count). The van der Waals surface area contributed by atoms with Crippen molar-refractivity contribution in [1.82, 2.24) is 4.98 Å². The highest BCUT2D eigenvalue weighted by molar-refractivity contribution is 5.86. The molecule has 0 unspecified atom stereocenters. The van der Waals surface area contributed by atoms with Gasteiger partial charge in [0.15, 0.2) is 0 Å². The molecule has 0 aliphatic rings. The van der Waals surface area contributed by atoms with Gasteiger partial charge in [0.05, 0.1) is 11.7 Å². The molecule has 0 fully saturated rings. The smallest absolute Gasteiger partial charge is 0.0878 e. The predicted octanol–water partition coefficient (Wildman–Crippen LogP) is 1.61. The van der Waals surface area contributed by atoms with Gasteiger partial charge in [0.2, 0.25) is 0 Å². The third-order valence-corrected chi connectivity index (χ3v) is 2.56. The summed E-state index contributed by atoms with van der Waals surface area (Å²) in [5, 5.41) is 10.8. The number of aryl methyl sites for hydroxylation is 1. The first-order valence-corrected chi connectivity index (χ1v) is 5.21. The summed E-state index contributed by atoms with van der Waals surface area (Å²) < 4.78 is 0. The average Bonchev–Trinajstić information content (AvgIpc) is 2.74. The Labute approximate surface area is 93.7 Å². The first kappa shape index (κ1) is 10.5. The summed E-state index contributed by atoms with van der Waals surface area (Å²) in [4.78, 5) is 13.7. The predicted molar refractivity (Wildman–Crippen MR) is 59.9 cm³/mol. The molecule has 0 atom stereocenters. The van der Waals surface area contributed by atoms with Gasteiger partial charge in [-0.2, -0.15) is 0 Å². The number of nitrogens with one attached hydrogen (secondary N) is 1. The molecule has 0 amide bonds. The van der Waals surface area contributed by atoms with E-state index in [9.17, 15) is 9.90 Å². The number of aromatic nitrogens is 1. The van der Waals surface area contributed by atoms with Gasteiger partial charge >= 0.3 is 0 Å². The molecule has 0 bridgehead atoms. The highest BCUT2D eigenvalue weighted by Gasteiger charge is 2.08. The highest BCUT2D eigenvalue weighted by Crippen LogP contribution is 2.23. The lowest BCUT2D eigenvalue weighted by Gasteiger charge is -2.01. The van der Waals surface area contributed by atoms with E-state index in [1.54, 1.807) is 6.07 Å². The molecule has 0 saturated heterocycles. The number of carboxylic acids is 1. The summed E-state index contributed by atoms with van der Waals surface area (Å²) in [6.07, 6.45) is 0.786. The van der Waals surface area contributed by atoms with Crippen molar-refractivity contribution in [2.75, 3.05) is 0 Å². The van der Waals surface area contributed by atoms with Crippen LogP contribution < -0.4 is 5.11 Å². The van der Waals surface area contributed by atoms with Gasteiger partial charge in [0.25, 0.3) is 0 Å². The first-order valence-electron chi connectivity index (χ1n) is 5.21. The van der Waals surface area contributed by atoms with E-state index in [0.29, 0.717) is 0 Å². The molecule has 0 aliphatic carbocycles. The largest absolute Gasteiger partial charge is 0.543 e. The molecule has 82 valence electrons. The van der Waals surface area contributed by atoms with Crippen LogP contribution in [-0.4, -0.2) is 11.0 Å². The van der Waals surface area contributed by atoms with Gasteiger partial charge in [-0.3, -0.25) is 0 Å². The van der Waals surface area contributed by atoms with Gasteiger partial charge < -0.3 is 14.9 Å². The lowest BCUT2D eigenvalue weighted by molar-refractivity contribution is -0.255. The fraction of sp³-hybridized carbons (Fsp3) is 0.154. The van der Waals surface area contributed by atoms with Gasteiger partial charge in [0.1, 0.15) is 0 Å². The fourth-order valence-electron chi connectivity index (χ4n) is 1.75. The number of carbonyl (C=O) groups is 1. The molecule has 16 heavy (non-hydrogen) atoms. The molecule has 0 aliphatic heterocycles. The van der Waals surface area contributed by atoms with E-state index in [4.69, 9.17) is 0 Å². The van der Waals surface area contributed by atoms with E-state index in [1.807, 2.05) is 37.3 Å². The minimum Gasteiger partial charge on any atom is -0.543 e. The van der Waals surface area contributed by atoms with E-state index >= 15 is 0 Å². The van der Waals surface area contributed by atoms with Crippen molar-refractivity contribution in [3.63, 3.8) is 0 Å². The van der Waals surface area contributed by atoms with Gasteiger partial charge in [-0.15, -0.1) is 0 Å². The maximum atomic E-state index is 10.8. The Morgan fingerprint density at radius 2 is 2.00 bits per heavy atom. The number of hydrogen-bond acceptors (Lipinski definition) is 2. The molecule has 1 N–H and O–H groups in total. The number of hydrogen-bond donors (Lipinski definition) is 1. The second kappa shape index (κ2) is 4.23. The van der Waals surface area contributed by atoms with Gasteiger partial charge in [-0.25, -0.2) is 0 Å². The maximum absolute atomic E-state index is 10.8. The molecule has 0 saturated carbocycles. The fourth-order valence-corrected chi connectivity index (χ4v) is 1.75. The van der Waals surface area contributed by atoms with Gasteiger partial charge in [-0.05, 0) is 23.6 Å². The van der Waals surface area contributed by atoms with Crippen LogP contribution in [0.25, 0.3) is 11.3 Å². The summed E-state index contributed by atoms with van der Waals surface area (Å²) in [5.41, 5.74) is 2.98. The Balaban J connectivity index is 2.52. The van der Waals surface area contributed by atoms with E-state index < -0.39 is 5.97 Å². The molecular formula is C13H12NO2-. The number of carboxylic acid groups (broad SMARTS) is 1. The van der Waals surface area contributed by atoms with Crippen molar-refractivity contribution in [3.05, 3.63) is 47.7 Å². The summed E-state index contributed by atoms with van der Waals surface area (Å²) >= 11 is 0. The lowest BCUT2D eigenvalue weighted by atomic mass is 10.1. The third kappa shape index (κ3) is 1.84. The zero-order valence-corrected chi connectivity index (χ0v) is 8.99. The molecule has 3 nitrogen and oxygen atoms in total. The number of carbonyl (C=O) groups excluding carboxylic acids is 1. The highest BCUT2D eigenvalue weighted by atomic mass is 16.4. The summed E-state index contributed by atoms with van der Waals surface area (Å²) in [6.45, 7) is 1.99. The molecule has 3 heteroatoms. The Kier molecular flexibility index (Phi) is 2.77. The molecule has 0 radical (unpaired) electrons. The molecular weight excluding hydrogens is 202 g/mol. The van der Waals surface area contributed by atoms with E-state index in [-0.39, 0.29) is 5.69 Å². The zero-order valence-electron chi connectivity index (χ0n) is 8.99. The molecule has 1 aromatic heterocycles. The Hall–Kier alpha value is -2.03. The number of aromatic amines is 1. The van der Waals surface area contributed by atoms with Crippen LogP contribution >= 0.6 is 0 Å². The quantitative estimate of drug-likeness (QED) is 0.843. The number of rotatable bonds is 3. The second-order valence-electron chi connectivity index (χ2n) is 3.59. The Bertz CT molecular complexity index is 500. The van der Waals surface area contributed by atoms with Crippen LogP contribution in [0.15, 0.2) is 36.4 Å². The van der Waals surface area contributed by atoms with E-state index in [1.165, 1.54) is 0 Å². The van der Waals surface area contributed by atoms with Crippen molar-refractivity contribution in [1.29, 1.82) is 0 Å². The Morgan fingerprint density at radius 1 is 1.31 bits per heavy atom. The van der Waals surface area contributed by atoms with Crippen LogP contribution in [0, 0.1) is 0 Å². The normalized spacial score (nSPS) is 10.3. The summed E-state index contributed by atoms with van der Waals surface area (Å²) in [5.74, 6) is -1.17. The maximum Gasteiger partial charge on any atom is 0.0878 e. The number of H-pyrrole nitrogens is 1. The topological polar surface area (TPSA) is 55.9 Å². The zero-order chi connectivity index (χ0) is 11.5. The molecule has 2 aromatic rings. The summed E-state index contributed by atoms with van der Waals surface area (Å²) in [6, 6.07) is 11.3. The van der Waals surface area contributed by atoms with Crippen molar-refractivity contribution >= 4 is 5.97 Å². The molecule has 1 heterocycles. The monoisotopic (exact) mass is 214 g/mol. The Morgan fingerprint density at radius 3 is 2.56 bits per heavy atom. The van der Waals surface area contributed by atoms with Crippen molar-refractivity contribution in [3.8, 4) is 11.3 Å². The van der Waals surface area contributed by atoms with Crippen LogP contribution in [0.2, 0.25) is 0 Å². The SMILES string of the molecule is CCc1cc(C(=O)[O-])[nH]c1-c1ccccc1. The second-order valence-corrected chi connectivity index (χ2v) is 3.59. The van der Waals surface area contributed by atoms with Crippen LogP contribution in [-0.2, 0) is 6.42 Å². The average molecular weight is 214 g/mol. The van der Waals surface area contributed by atoms with Crippen molar-refractivity contribution in [2.45, 2.75) is 13.3 Å². The van der Waals surface area contributed by atoms with E-state index in [2.05, 4.69) is 4.98 Å². The van der Waals surface area contributed by atoms with Crippen LogP contribution in [0.3, 0.4) is 0 Å². The van der Waals surface area contributed by atoms with Crippen LogP contribution in [0.4, 0.5) is 0 Å². The van der Waals surface area contributed by atoms with Crippen molar-refractivity contribution < 1.29 is 9.90 Å². The van der Waals surface area contributed by atoms with Crippen LogP contribution in [0.5, 0.6) is 0 Å². The van der Waals surface area contributed by atoms with Gasteiger partial charge in [-0.1, -0.05) is 37.3 Å². The summed E-state index contributed by atoms with van der Waals surface area (Å²) in [7, 11) is 0. The lowest BCUT2D eigenvalue weighted by Crippen LogP contribution is -2.22. The van der Waals surface area contributed by atoms with Crippen molar-refractivity contribution in [2.24, 2.45) is 0 Å². The first-order chi connectivity index (χ1) is 7.72. The molecule has 1 aromatic carbocycles. The minimum atomic E-state index is -1.17. The standard InChI is InChI=1S/C13H13NO2/c1-2-9-8-11(13(15)16)14-12(9)10-6-4-3-5-7-10/h3-8,14H,2H2,1H3,(H,15,16)/p-1.